The molecule has 0 aliphatic carbocycles. The highest BCUT2D eigenvalue weighted by Gasteiger charge is 2.21. The molecular formula is C21H20N4O2. The van der Waals surface area contributed by atoms with Crippen LogP contribution in [0, 0.1) is 0 Å². The fourth-order valence-electron chi connectivity index (χ4n) is 3.19. The van der Waals surface area contributed by atoms with Gasteiger partial charge in [-0.05, 0) is 49.2 Å². The smallest absolute Gasteiger partial charge is 0.338 e. The highest BCUT2D eigenvalue weighted by molar-refractivity contribution is 5.89. The van der Waals surface area contributed by atoms with Crippen LogP contribution in [0.5, 0.6) is 0 Å². The number of anilines is 4. The van der Waals surface area contributed by atoms with E-state index in [-0.39, 0.29) is 5.97 Å². The molecule has 2 heterocycles. The Hall–Kier alpha value is -3.41. The Morgan fingerprint density at radius 3 is 2.78 bits per heavy atom. The van der Waals surface area contributed by atoms with E-state index in [9.17, 15) is 4.79 Å². The largest absolute Gasteiger partial charge is 0.462 e. The molecule has 3 aromatic rings. The summed E-state index contributed by atoms with van der Waals surface area (Å²) in [4.78, 5) is 22.7. The molecular weight excluding hydrogens is 340 g/mol. The number of carbonyl (C=O) groups excluding carboxylic acids is 1. The van der Waals surface area contributed by atoms with Crippen LogP contribution in [0.2, 0.25) is 0 Å². The van der Waals surface area contributed by atoms with E-state index in [0.717, 1.165) is 24.5 Å². The third-order valence-corrected chi connectivity index (χ3v) is 4.48. The van der Waals surface area contributed by atoms with Crippen molar-refractivity contribution in [3.63, 3.8) is 0 Å². The van der Waals surface area contributed by atoms with Gasteiger partial charge in [-0.3, -0.25) is 0 Å². The van der Waals surface area contributed by atoms with Gasteiger partial charge in [-0.2, -0.15) is 0 Å². The quantitative estimate of drug-likeness (QED) is 0.691. The first-order valence-electron chi connectivity index (χ1n) is 8.96. The molecule has 0 radical (unpaired) electrons. The monoisotopic (exact) mass is 360 g/mol. The van der Waals surface area contributed by atoms with E-state index >= 15 is 0 Å². The van der Waals surface area contributed by atoms with Crippen molar-refractivity contribution in [2.24, 2.45) is 0 Å². The van der Waals surface area contributed by atoms with Crippen LogP contribution in [0.3, 0.4) is 0 Å². The van der Waals surface area contributed by atoms with Gasteiger partial charge in [-0.25, -0.2) is 14.8 Å². The van der Waals surface area contributed by atoms with Crippen molar-refractivity contribution in [3.8, 4) is 0 Å². The van der Waals surface area contributed by atoms with E-state index in [1.165, 1.54) is 11.3 Å². The van der Waals surface area contributed by atoms with Crippen molar-refractivity contribution in [1.29, 1.82) is 0 Å². The maximum atomic E-state index is 11.7. The zero-order valence-corrected chi connectivity index (χ0v) is 15.1. The minimum atomic E-state index is -0.318. The third-order valence-electron chi connectivity index (χ3n) is 4.48. The van der Waals surface area contributed by atoms with Crippen LogP contribution in [0.25, 0.3) is 0 Å². The lowest BCUT2D eigenvalue weighted by Crippen LogP contribution is -2.15. The zero-order valence-electron chi connectivity index (χ0n) is 15.1. The number of nitrogens with zero attached hydrogens (tertiary/aromatic N) is 3. The Morgan fingerprint density at radius 1 is 1.15 bits per heavy atom. The maximum Gasteiger partial charge on any atom is 0.338 e. The average molecular weight is 360 g/mol. The van der Waals surface area contributed by atoms with Gasteiger partial charge in [0.1, 0.15) is 18.0 Å². The fourth-order valence-corrected chi connectivity index (χ4v) is 3.19. The second-order valence-corrected chi connectivity index (χ2v) is 6.21. The molecule has 1 N–H and O–H groups in total. The number of para-hydroxylation sites is 1. The summed E-state index contributed by atoms with van der Waals surface area (Å²) < 4.78 is 5.00. The van der Waals surface area contributed by atoms with Crippen molar-refractivity contribution in [2.75, 3.05) is 23.4 Å². The minimum Gasteiger partial charge on any atom is -0.462 e. The predicted molar refractivity (Wildman–Crippen MR) is 105 cm³/mol. The molecule has 27 heavy (non-hydrogen) atoms. The normalized spacial score (nSPS) is 12.6. The van der Waals surface area contributed by atoms with Gasteiger partial charge in [0.25, 0.3) is 0 Å². The molecule has 136 valence electrons. The number of esters is 1. The molecule has 0 bridgehead atoms. The van der Waals surface area contributed by atoms with Gasteiger partial charge < -0.3 is 15.0 Å². The van der Waals surface area contributed by atoms with E-state index in [1.54, 1.807) is 25.4 Å². The number of fused-ring (bicyclic) bond motifs is 1. The van der Waals surface area contributed by atoms with Crippen molar-refractivity contribution >= 4 is 29.0 Å². The van der Waals surface area contributed by atoms with Gasteiger partial charge >= 0.3 is 5.97 Å². The van der Waals surface area contributed by atoms with Crippen molar-refractivity contribution in [1.82, 2.24) is 9.97 Å². The lowest BCUT2D eigenvalue weighted by atomic mass is 10.2. The van der Waals surface area contributed by atoms with Gasteiger partial charge in [-0.1, -0.05) is 18.2 Å². The molecule has 0 saturated heterocycles. The lowest BCUT2D eigenvalue weighted by molar-refractivity contribution is 0.0526. The predicted octanol–water partition coefficient (Wildman–Crippen LogP) is 4.09. The van der Waals surface area contributed by atoms with Crippen molar-refractivity contribution < 1.29 is 9.53 Å². The Balaban J connectivity index is 1.51. The molecule has 6 heteroatoms. The second kappa shape index (κ2) is 7.45. The van der Waals surface area contributed by atoms with Crippen LogP contribution in [0.15, 0.2) is 60.9 Å². The molecule has 0 atom stereocenters. The van der Waals surface area contributed by atoms with Crippen molar-refractivity contribution in [3.05, 3.63) is 72.1 Å². The first-order valence-corrected chi connectivity index (χ1v) is 8.96. The average Bonchev–Trinajstić information content (AvgIpc) is 3.13. The summed E-state index contributed by atoms with van der Waals surface area (Å²) in [6, 6.07) is 17.4. The topological polar surface area (TPSA) is 67.3 Å². The molecule has 1 aliphatic heterocycles. The van der Waals surface area contributed by atoms with E-state index in [4.69, 9.17) is 4.74 Å². The first kappa shape index (κ1) is 17.0. The van der Waals surface area contributed by atoms with E-state index in [1.807, 2.05) is 24.3 Å². The van der Waals surface area contributed by atoms with Crippen LogP contribution < -0.4 is 10.2 Å². The van der Waals surface area contributed by atoms with Gasteiger partial charge in [0, 0.05) is 24.0 Å². The summed E-state index contributed by atoms with van der Waals surface area (Å²) in [6.07, 6.45) is 2.57. The van der Waals surface area contributed by atoms with E-state index in [0.29, 0.717) is 18.0 Å². The molecule has 0 fully saturated rings. The number of ether oxygens (including phenoxy) is 1. The highest BCUT2D eigenvalue weighted by atomic mass is 16.5. The molecule has 6 nitrogen and oxygen atoms in total. The van der Waals surface area contributed by atoms with Crippen LogP contribution in [-0.4, -0.2) is 29.1 Å². The van der Waals surface area contributed by atoms with Crippen LogP contribution >= 0.6 is 0 Å². The molecule has 0 unspecified atom stereocenters. The molecule has 0 saturated carbocycles. The number of rotatable bonds is 5. The van der Waals surface area contributed by atoms with Crippen LogP contribution in [0.4, 0.5) is 23.0 Å². The Kier molecular flexibility index (Phi) is 4.70. The first-order chi connectivity index (χ1) is 13.2. The minimum absolute atomic E-state index is 0.318. The Morgan fingerprint density at radius 2 is 1.96 bits per heavy atom. The molecule has 4 rings (SSSR count). The number of benzene rings is 2. The van der Waals surface area contributed by atoms with Gasteiger partial charge in [0.2, 0.25) is 0 Å². The van der Waals surface area contributed by atoms with Gasteiger partial charge in [0.15, 0.2) is 0 Å². The van der Waals surface area contributed by atoms with E-state index in [2.05, 4.69) is 38.4 Å². The standard InChI is InChI=1S/C21H20N4O2/c1-2-27-21(26)16-7-9-17(10-8-16)24-19-13-20(23-14-22-19)25-12-11-15-5-3-4-6-18(15)25/h3-10,13-14H,2,11-12H2,1H3,(H,22,23,24). The number of hydrogen-bond acceptors (Lipinski definition) is 6. The molecule has 0 spiro atoms. The lowest BCUT2D eigenvalue weighted by Gasteiger charge is -2.18. The Bertz CT molecular complexity index is 956. The summed E-state index contributed by atoms with van der Waals surface area (Å²) >= 11 is 0. The number of nitrogens with one attached hydrogen (secondary N) is 1. The molecule has 1 aromatic heterocycles. The number of aromatic nitrogens is 2. The highest BCUT2D eigenvalue weighted by Crippen LogP contribution is 2.33. The van der Waals surface area contributed by atoms with Gasteiger partial charge in [0.05, 0.1) is 12.2 Å². The number of carbonyl (C=O) groups is 1. The van der Waals surface area contributed by atoms with E-state index < -0.39 is 0 Å². The van der Waals surface area contributed by atoms with Crippen molar-refractivity contribution in [2.45, 2.75) is 13.3 Å². The Labute approximate surface area is 157 Å². The summed E-state index contributed by atoms with van der Waals surface area (Å²) in [5.74, 6) is 1.25. The number of hydrogen-bond donors (Lipinski definition) is 1. The summed E-state index contributed by atoms with van der Waals surface area (Å²) in [7, 11) is 0. The summed E-state index contributed by atoms with van der Waals surface area (Å²) in [5, 5.41) is 3.26. The van der Waals surface area contributed by atoms with Crippen LogP contribution in [0.1, 0.15) is 22.8 Å². The fraction of sp³-hybridized carbons (Fsp3) is 0.190. The summed E-state index contributed by atoms with van der Waals surface area (Å²) in [6.45, 7) is 3.06. The SMILES string of the molecule is CCOC(=O)c1ccc(Nc2cc(N3CCc4ccccc43)ncn2)cc1. The molecule has 0 amide bonds. The van der Waals surface area contributed by atoms with Gasteiger partial charge in [-0.15, -0.1) is 0 Å². The molecule has 2 aromatic carbocycles. The zero-order chi connectivity index (χ0) is 18.6. The summed E-state index contributed by atoms with van der Waals surface area (Å²) in [5.41, 5.74) is 3.90. The third kappa shape index (κ3) is 3.60. The van der Waals surface area contributed by atoms with Crippen LogP contribution in [-0.2, 0) is 11.2 Å². The second-order valence-electron chi connectivity index (χ2n) is 6.21. The maximum absolute atomic E-state index is 11.7. The molecule has 1 aliphatic rings.